The number of hydrogen-bond donors (Lipinski definition) is 0. The van der Waals surface area contributed by atoms with Crippen molar-refractivity contribution in [1.29, 1.82) is 0 Å². The van der Waals surface area contributed by atoms with E-state index in [0.717, 1.165) is 58.4 Å². The van der Waals surface area contributed by atoms with Gasteiger partial charge in [-0.25, -0.2) is 4.79 Å². The number of carbonyl (C=O) groups is 2. The third-order valence-electron chi connectivity index (χ3n) is 6.36. The number of ether oxygens (including phenoxy) is 1. The molecule has 1 aliphatic rings. The van der Waals surface area contributed by atoms with Crippen LogP contribution in [0, 0.1) is 0 Å². The second-order valence-corrected chi connectivity index (χ2v) is 8.69. The molecule has 1 saturated heterocycles. The number of amides is 2. The number of esters is 1. The Balaban J connectivity index is 1.47. The fourth-order valence-electron chi connectivity index (χ4n) is 4.47. The summed E-state index contributed by atoms with van der Waals surface area (Å²) in [6, 6.07) is 21.5. The van der Waals surface area contributed by atoms with Gasteiger partial charge >= 0.3 is 12.0 Å². The van der Waals surface area contributed by atoms with Gasteiger partial charge in [-0.05, 0) is 24.0 Å². The molecule has 0 spiro atoms. The van der Waals surface area contributed by atoms with Crippen LogP contribution in [0.1, 0.15) is 49.3 Å². The Morgan fingerprint density at radius 2 is 1.39 bits per heavy atom. The van der Waals surface area contributed by atoms with Gasteiger partial charge in [0.05, 0.1) is 13.2 Å². The Morgan fingerprint density at radius 1 is 0.848 bits per heavy atom. The van der Waals surface area contributed by atoms with Crippen molar-refractivity contribution in [2.45, 2.75) is 38.1 Å². The zero-order valence-corrected chi connectivity index (χ0v) is 20.0. The van der Waals surface area contributed by atoms with Crippen molar-refractivity contribution < 1.29 is 14.3 Å². The van der Waals surface area contributed by atoms with Crippen molar-refractivity contribution in [1.82, 2.24) is 14.7 Å². The van der Waals surface area contributed by atoms with Gasteiger partial charge in [0.25, 0.3) is 0 Å². The zero-order chi connectivity index (χ0) is 23.5. The van der Waals surface area contributed by atoms with Crippen molar-refractivity contribution in [3.63, 3.8) is 0 Å². The molecular weight excluding hydrogens is 414 g/mol. The van der Waals surface area contributed by atoms with Crippen LogP contribution in [0.2, 0.25) is 0 Å². The molecule has 2 aromatic rings. The highest BCUT2D eigenvalue weighted by atomic mass is 16.5. The topological polar surface area (TPSA) is 53.1 Å². The van der Waals surface area contributed by atoms with E-state index in [1.165, 1.54) is 18.2 Å². The summed E-state index contributed by atoms with van der Waals surface area (Å²) in [5.41, 5.74) is 2.57. The average Bonchev–Trinajstić information content (AvgIpc) is 2.87. The Bertz CT molecular complexity index is 812. The van der Waals surface area contributed by atoms with Gasteiger partial charge in [-0.2, -0.15) is 0 Å². The van der Waals surface area contributed by atoms with Crippen molar-refractivity contribution in [2.24, 2.45) is 0 Å². The number of methoxy groups -OCH3 is 1. The Labute approximate surface area is 198 Å². The van der Waals surface area contributed by atoms with Crippen molar-refractivity contribution in [3.05, 3.63) is 71.8 Å². The van der Waals surface area contributed by atoms with Crippen LogP contribution in [0.3, 0.4) is 0 Å². The molecule has 0 aromatic heterocycles. The molecule has 2 aromatic carbocycles. The number of nitrogens with zero attached hydrogens (tertiary/aromatic N) is 3. The molecule has 0 aliphatic carbocycles. The van der Waals surface area contributed by atoms with Crippen LogP contribution < -0.4 is 0 Å². The fourth-order valence-corrected chi connectivity index (χ4v) is 4.47. The van der Waals surface area contributed by atoms with Gasteiger partial charge in [-0.15, -0.1) is 0 Å². The van der Waals surface area contributed by atoms with Gasteiger partial charge in [-0.1, -0.05) is 73.5 Å². The lowest BCUT2D eigenvalue weighted by molar-refractivity contribution is -0.140. The van der Waals surface area contributed by atoms with Crippen LogP contribution >= 0.6 is 0 Å². The number of benzene rings is 2. The lowest BCUT2D eigenvalue weighted by Crippen LogP contribution is -2.53. The summed E-state index contributed by atoms with van der Waals surface area (Å²) in [6.45, 7) is 3.91. The highest BCUT2D eigenvalue weighted by Gasteiger charge is 2.29. The van der Waals surface area contributed by atoms with E-state index in [9.17, 15) is 9.59 Å². The number of unbranched alkanes of at least 4 members (excludes halogenated alkanes) is 3. The average molecular weight is 452 g/mol. The van der Waals surface area contributed by atoms with Crippen molar-refractivity contribution in [3.8, 4) is 0 Å². The summed E-state index contributed by atoms with van der Waals surface area (Å²) in [5, 5.41) is 0. The van der Waals surface area contributed by atoms with Gasteiger partial charge in [0.1, 0.15) is 0 Å². The first kappa shape index (κ1) is 24.8. The molecule has 3 rings (SSSR count). The largest absolute Gasteiger partial charge is 0.469 e. The van der Waals surface area contributed by atoms with Gasteiger partial charge in [0.2, 0.25) is 0 Å². The lowest BCUT2D eigenvalue weighted by Gasteiger charge is -2.40. The quantitative estimate of drug-likeness (QED) is 0.392. The molecule has 1 aliphatic heterocycles. The maximum absolute atomic E-state index is 12.9. The van der Waals surface area contributed by atoms with Gasteiger partial charge < -0.3 is 14.5 Å². The molecule has 6 heteroatoms. The van der Waals surface area contributed by atoms with Crippen LogP contribution in [0.15, 0.2) is 60.7 Å². The van der Waals surface area contributed by atoms with Crippen molar-refractivity contribution >= 4 is 12.0 Å². The first-order chi connectivity index (χ1) is 16.1. The number of carbonyl (C=O) groups excluding carboxylic acids is 2. The SMILES string of the molecule is COC(=O)CCCCCCN(C)C(=O)N1CCN(C(c2ccccc2)c2ccccc2)CC1. The molecule has 2 amide bonds. The van der Waals surface area contributed by atoms with E-state index in [4.69, 9.17) is 0 Å². The molecule has 1 heterocycles. The smallest absolute Gasteiger partial charge is 0.319 e. The van der Waals surface area contributed by atoms with Gasteiger partial charge in [-0.3, -0.25) is 9.69 Å². The van der Waals surface area contributed by atoms with E-state index in [2.05, 4.69) is 70.3 Å². The van der Waals surface area contributed by atoms with E-state index >= 15 is 0 Å². The second-order valence-electron chi connectivity index (χ2n) is 8.69. The number of hydrogen-bond acceptors (Lipinski definition) is 4. The summed E-state index contributed by atoms with van der Waals surface area (Å²) in [7, 11) is 3.31. The highest BCUT2D eigenvalue weighted by Crippen LogP contribution is 2.29. The molecule has 0 saturated carbocycles. The molecule has 0 bridgehead atoms. The van der Waals surface area contributed by atoms with E-state index < -0.39 is 0 Å². The van der Waals surface area contributed by atoms with Crippen molar-refractivity contribution in [2.75, 3.05) is 46.9 Å². The molecule has 0 atom stereocenters. The fraction of sp³-hybridized carbons (Fsp3) is 0.481. The molecule has 33 heavy (non-hydrogen) atoms. The lowest BCUT2D eigenvalue weighted by atomic mass is 9.96. The maximum atomic E-state index is 12.9. The van der Waals surface area contributed by atoms with Crippen LogP contribution in [-0.2, 0) is 9.53 Å². The van der Waals surface area contributed by atoms with Crippen LogP contribution in [0.4, 0.5) is 4.79 Å². The van der Waals surface area contributed by atoms with E-state index in [1.54, 1.807) is 0 Å². The normalized spacial score (nSPS) is 14.3. The van der Waals surface area contributed by atoms with Gasteiger partial charge in [0, 0.05) is 46.2 Å². The molecule has 1 fully saturated rings. The Morgan fingerprint density at radius 3 is 1.94 bits per heavy atom. The molecule has 6 nitrogen and oxygen atoms in total. The number of piperazine rings is 1. The first-order valence-electron chi connectivity index (χ1n) is 12.0. The van der Waals surface area contributed by atoms with E-state index in [1.807, 2.05) is 16.8 Å². The minimum atomic E-state index is -0.150. The monoisotopic (exact) mass is 451 g/mol. The summed E-state index contributed by atoms with van der Waals surface area (Å²) >= 11 is 0. The third kappa shape index (κ3) is 7.32. The molecular formula is C27H37N3O3. The minimum Gasteiger partial charge on any atom is -0.469 e. The minimum absolute atomic E-state index is 0.111. The Kier molecular flexibility index (Phi) is 9.76. The van der Waals surface area contributed by atoms with Gasteiger partial charge in [0.15, 0.2) is 0 Å². The molecule has 0 radical (unpaired) electrons. The summed E-state index contributed by atoms with van der Waals surface area (Å²) in [4.78, 5) is 30.4. The summed E-state index contributed by atoms with van der Waals surface area (Å²) < 4.78 is 4.67. The van der Waals surface area contributed by atoms with E-state index in [-0.39, 0.29) is 18.0 Å². The first-order valence-corrected chi connectivity index (χ1v) is 12.0. The Hall–Kier alpha value is -2.86. The highest BCUT2D eigenvalue weighted by molar-refractivity contribution is 5.74. The summed E-state index contributed by atoms with van der Waals surface area (Å²) in [5.74, 6) is -0.150. The van der Waals surface area contributed by atoms with Crippen LogP contribution in [0.5, 0.6) is 0 Å². The van der Waals surface area contributed by atoms with Crippen LogP contribution in [0.25, 0.3) is 0 Å². The molecule has 178 valence electrons. The standard InChI is InChI=1S/C27H37N3O3/c1-28(18-12-4-3-11-17-25(31)33-2)27(32)30-21-19-29(20-22-30)26(23-13-7-5-8-14-23)24-15-9-6-10-16-24/h5-10,13-16,26H,3-4,11-12,17-22H2,1-2H3. The zero-order valence-electron chi connectivity index (χ0n) is 20.0. The third-order valence-corrected chi connectivity index (χ3v) is 6.36. The van der Waals surface area contributed by atoms with E-state index in [0.29, 0.717) is 6.42 Å². The molecule has 0 unspecified atom stereocenters. The summed E-state index contributed by atoms with van der Waals surface area (Å²) in [6.07, 6.45) is 4.26. The molecule has 0 N–H and O–H groups in total. The number of rotatable bonds is 10. The second kappa shape index (κ2) is 13.0. The number of urea groups is 1. The predicted molar refractivity (Wildman–Crippen MR) is 131 cm³/mol. The maximum Gasteiger partial charge on any atom is 0.319 e. The predicted octanol–water partition coefficient (Wildman–Crippen LogP) is 4.57. The van der Waals surface area contributed by atoms with Crippen LogP contribution in [-0.4, -0.2) is 73.6 Å².